The van der Waals surface area contributed by atoms with Crippen LogP contribution in [0.1, 0.15) is 45.4 Å². The zero-order valence-corrected chi connectivity index (χ0v) is 18.7. The topological polar surface area (TPSA) is 71.1 Å². The highest BCUT2D eigenvalue weighted by Crippen LogP contribution is 2.25. The SMILES string of the molecule is CC(CNCCC1CCCCC1)NS(=O)(=O)c1ccc2cnccc2c1.Cl.Cl. The summed E-state index contributed by atoms with van der Waals surface area (Å²) in [4.78, 5) is 4.35. The molecule has 8 heteroatoms. The fourth-order valence-electron chi connectivity index (χ4n) is 3.70. The minimum Gasteiger partial charge on any atom is -0.315 e. The Balaban J connectivity index is 0.00000196. The lowest BCUT2D eigenvalue weighted by molar-refractivity contribution is 0.332. The number of sulfonamides is 1. The van der Waals surface area contributed by atoms with E-state index in [1.807, 2.05) is 13.0 Å². The van der Waals surface area contributed by atoms with Crippen LogP contribution in [0.3, 0.4) is 0 Å². The van der Waals surface area contributed by atoms with Crippen molar-refractivity contribution >= 4 is 45.6 Å². The number of nitrogens with one attached hydrogen (secondary N) is 2. The maximum atomic E-state index is 12.6. The smallest absolute Gasteiger partial charge is 0.240 e. The summed E-state index contributed by atoms with van der Waals surface area (Å²) >= 11 is 0. The first-order valence-corrected chi connectivity index (χ1v) is 11.1. The fourth-order valence-corrected chi connectivity index (χ4v) is 4.98. The van der Waals surface area contributed by atoms with Crippen molar-refractivity contribution in [1.82, 2.24) is 15.0 Å². The molecule has 1 atom stereocenters. The van der Waals surface area contributed by atoms with Crippen LogP contribution < -0.4 is 10.0 Å². The maximum absolute atomic E-state index is 12.6. The third-order valence-electron chi connectivity index (χ3n) is 5.18. The summed E-state index contributed by atoms with van der Waals surface area (Å²) in [5.41, 5.74) is 0. The maximum Gasteiger partial charge on any atom is 0.240 e. The predicted molar refractivity (Wildman–Crippen MR) is 120 cm³/mol. The van der Waals surface area contributed by atoms with Gasteiger partial charge >= 0.3 is 0 Å². The number of rotatable bonds is 8. The van der Waals surface area contributed by atoms with Gasteiger partial charge in [0, 0.05) is 30.4 Å². The molecule has 1 saturated carbocycles. The van der Waals surface area contributed by atoms with E-state index >= 15 is 0 Å². The molecule has 1 unspecified atom stereocenters. The number of halogens is 2. The summed E-state index contributed by atoms with van der Waals surface area (Å²) < 4.78 is 28.0. The van der Waals surface area contributed by atoms with E-state index in [0.29, 0.717) is 11.4 Å². The molecule has 1 aliphatic rings. The first-order valence-electron chi connectivity index (χ1n) is 9.61. The van der Waals surface area contributed by atoms with Gasteiger partial charge in [0.1, 0.15) is 0 Å². The Kier molecular flexibility index (Phi) is 10.7. The molecule has 158 valence electrons. The van der Waals surface area contributed by atoms with Gasteiger partial charge in [-0.05, 0) is 49.4 Å². The van der Waals surface area contributed by atoms with Crippen LogP contribution in [0.4, 0.5) is 0 Å². The highest BCUT2D eigenvalue weighted by atomic mass is 35.5. The van der Waals surface area contributed by atoms with Crippen molar-refractivity contribution in [3.8, 4) is 0 Å². The molecule has 2 aromatic rings. The average Bonchev–Trinajstić information content (AvgIpc) is 2.65. The standard InChI is InChI=1S/C20H29N3O2S.2ClH/c1-16(14-21-11-9-17-5-3-2-4-6-17)23-26(24,25)20-8-7-19-15-22-12-10-18(19)13-20;;/h7-8,10,12-13,15-17,21,23H,2-6,9,11,14H2,1H3;2*1H. The lowest BCUT2D eigenvalue weighted by Crippen LogP contribution is -2.40. The van der Waals surface area contributed by atoms with Crippen molar-refractivity contribution in [3.05, 3.63) is 36.7 Å². The molecule has 0 bridgehead atoms. The van der Waals surface area contributed by atoms with Gasteiger partial charge in [0.05, 0.1) is 4.90 Å². The van der Waals surface area contributed by atoms with Crippen molar-refractivity contribution in [2.45, 2.75) is 56.4 Å². The highest BCUT2D eigenvalue weighted by Gasteiger charge is 2.18. The van der Waals surface area contributed by atoms with Crippen LogP contribution in [0, 0.1) is 5.92 Å². The van der Waals surface area contributed by atoms with Crippen molar-refractivity contribution < 1.29 is 8.42 Å². The van der Waals surface area contributed by atoms with Gasteiger partial charge in [0.25, 0.3) is 0 Å². The van der Waals surface area contributed by atoms with Crippen molar-refractivity contribution in [3.63, 3.8) is 0 Å². The quantitative estimate of drug-likeness (QED) is 0.591. The molecule has 0 saturated heterocycles. The first-order chi connectivity index (χ1) is 12.5. The summed E-state index contributed by atoms with van der Waals surface area (Å²) in [6, 6.07) is 6.80. The third-order valence-corrected chi connectivity index (χ3v) is 6.77. The molecular formula is C20H31Cl2N3O2S. The second-order valence-corrected chi connectivity index (χ2v) is 9.12. The number of benzene rings is 1. The van der Waals surface area contributed by atoms with Crippen LogP contribution >= 0.6 is 24.8 Å². The van der Waals surface area contributed by atoms with Gasteiger partial charge < -0.3 is 5.32 Å². The molecule has 1 aromatic heterocycles. The van der Waals surface area contributed by atoms with Gasteiger partial charge in [-0.25, -0.2) is 13.1 Å². The number of fused-ring (bicyclic) bond motifs is 1. The van der Waals surface area contributed by atoms with Gasteiger partial charge in [-0.1, -0.05) is 38.2 Å². The molecule has 28 heavy (non-hydrogen) atoms. The molecule has 1 aliphatic carbocycles. The zero-order valence-electron chi connectivity index (χ0n) is 16.3. The number of hydrogen-bond donors (Lipinski definition) is 2. The summed E-state index contributed by atoms with van der Waals surface area (Å²) in [6.45, 7) is 3.50. The zero-order chi connectivity index (χ0) is 18.4. The lowest BCUT2D eigenvalue weighted by Gasteiger charge is -2.22. The van der Waals surface area contributed by atoms with Crippen molar-refractivity contribution in [1.29, 1.82) is 0 Å². The Hall–Kier alpha value is -0.920. The fraction of sp³-hybridized carbons (Fsp3) is 0.550. The van der Waals surface area contributed by atoms with E-state index in [-0.39, 0.29) is 30.9 Å². The van der Waals surface area contributed by atoms with Gasteiger partial charge in [0.15, 0.2) is 0 Å². The third kappa shape index (κ3) is 7.16. The van der Waals surface area contributed by atoms with E-state index < -0.39 is 10.0 Å². The van der Waals surface area contributed by atoms with E-state index in [1.54, 1.807) is 30.6 Å². The molecule has 0 radical (unpaired) electrons. The largest absolute Gasteiger partial charge is 0.315 e. The van der Waals surface area contributed by atoms with Gasteiger partial charge in [0.2, 0.25) is 10.0 Å². The van der Waals surface area contributed by atoms with Crippen LogP contribution in [0.5, 0.6) is 0 Å². The Morgan fingerprint density at radius 1 is 1.11 bits per heavy atom. The van der Waals surface area contributed by atoms with E-state index in [9.17, 15) is 8.42 Å². The lowest BCUT2D eigenvalue weighted by atomic mass is 9.87. The van der Waals surface area contributed by atoms with Crippen molar-refractivity contribution in [2.75, 3.05) is 13.1 Å². The van der Waals surface area contributed by atoms with Crippen molar-refractivity contribution in [2.24, 2.45) is 5.92 Å². The number of hydrogen-bond acceptors (Lipinski definition) is 4. The number of aromatic nitrogens is 1. The molecule has 1 fully saturated rings. The minimum absolute atomic E-state index is 0. The monoisotopic (exact) mass is 447 g/mol. The van der Waals surface area contributed by atoms with Gasteiger partial charge in [-0.3, -0.25) is 4.98 Å². The Bertz CT molecular complexity index is 827. The van der Waals surface area contributed by atoms with Crippen LogP contribution in [-0.2, 0) is 10.0 Å². The Labute approximate surface area is 181 Å². The second-order valence-electron chi connectivity index (χ2n) is 7.40. The molecule has 0 amide bonds. The Morgan fingerprint density at radius 2 is 1.86 bits per heavy atom. The van der Waals surface area contributed by atoms with E-state index in [2.05, 4.69) is 15.0 Å². The van der Waals surface area contributed by atoms with Crippen LogP contribution in [0.25, 0.3) is 10.8 Å². The molecule has 0 aliphatic heterocycles. The van der Waals surface area contributed by atoms with Crippen LogP contribution in [-0.4, -0.2) is 32.5 Å². The number of pyridine rings is 1. The predicted octanol–water partition coefficient (Wildman–Crippen LogP) is 4.31. The molecular weight excluding hydrogens is 417 g/mol. The Morgan fingerprint density at radius 3 is 2.61 bits per heavy atom. The second kappa shape index (κ2) is 11.9. The molecule has 5 nitrogen and oxygen atoms in total. The molecule has 0 spiro atoms. The summed E-state index contributed by atoms with van der Waals surface area (Å²) in [5, 5.41) is 5.21. The van der Waals surface area contributed by atoms with Crippen LogP contribution in [0.15, 0.2) is 41.6 Å². The normalized spacial score (nSPS) is 16.2. The molecule has 2 N–H and O–H groups in total. The minimum atomic E-state index is -3.52. The first kappa shape index (κ1) is 25.1. The highest BCUT2D eigenvalue weighted by molar-refractivity contribution is 7.89. The molecule has 1 aromatic carbocycles. The summed E-state index contributed by atoms with van der Waals surface area (Å²) in [7, 11) is -3.52. The summed E-state index contributed by atoms with van der Waals surface area (Å²) in [6.07, 6.45) is 11.4. The van der Waals surface area contributed by atoms with Gasteiger partial charge in [-0.15, -0.1) is 24.8 Å². The van der Waals surface area contributed by atoms with Gasteiger partial charge in [-0.2, -0.15) is 0 Å². The van der Waals surface area contributed by atoms with E-state index in [4.69, 9.17) is 0 Å². The molecule has 1 heterocycles. The number of nitrogens with zero attached hydrogens (tertiary/aromatic N) is 1. The summed E-state index contributed by atoms with van der Waals surface area (Å²) in [5.74, 6) is 0.843. The van der Waals surface area contributed by atoms with Crippen LogP contribution in [0.2, 0.25) is 0 Å². The molecule has 3 rings (SSSR count). The van der Waals surface area contributed by atoms with E-state index in [0.717, 1.165) is 23.2 Å². The average molecular weight is 448 g/mol. The van der Waals surface area contributed by atoms with E-state index in [1.165, 1.54) is 38.5 Å².